The van der Waals surface area contributed by atoms with E-state index in [9.17, 15) is 4.79 Å². The normalized spacial score (nSPS) is 9.38. The summed E-state index contributed by atoms with van der Waals surface area (Å²) in [6.45, 7) is 3.37. The van der Waals surface area contributed by atoms with Gasteiger partial charge >= 0.3 is 0 Å². The van der Waals surface area contributed by atoms with Crippen molar-refractivity contribution < 1.29 is 9.53 Å². The van der Waals surface area contributed by atoms with E-state index >= 15 is 0 Å². The molecule has 1 heterocycles. The first-order chi connectivity index (χ1) is 7.77. The Hall–Kier alpha value is -1.31. The van der Waals surface area contributed by atoms with E-state index in [4.69, 9.17) is 4.74 Å². The summed E-state index contributed by atoms with van der Waals surface area (Å²) < 4.78 is 4.98. The molecule has 0 aliphatic carbocycles. The van der Waals surface area contributed by atoms with Gasteiger partial charge in [-0.25, -0.2) is 0 Å². The predicted octanol–water partition coefficient (Wildman–Crippen LogP) is 1.75. The van der Waals surface area contributed by atoms with Gasteiger partial charge in [-0.3, -0.25) is 4.79 Å². The molecule has 1 rings (SSSR count). The zero-order valence-corrected chi connectivity index (χ0v) is 10.3. The summed E-state index contributed by atoms with van der Waals surface area (Å²) in [6.07, 6.45) is 0. The van der Waals surface area contributed by atoms with Crippen molar-refractivity contribution in [2.75, 3.05) is 20.3 Å². The summed E-state index contributed by atoms with van der Waals surface area (Å²) in [5, 5.41) is 2.00. The Morgan fingerprint density at radius 1 is 1.62 bits per heavy atom. The first-order valence-electron chi connectivity index (χ1n) is 5.01. The summed E-state index contributed by atoms with van der Waals surface area (Å²) in [5.41, 5.74) is 0. The lowest BCUT2D eigenvalue weighted by Gasteiger charge is -2.18. The number of rotatable bonds is 5. The molecule has 0 aromatic carbocycles. The molecule has 0 unspecified atom stereocenters. The second-order valence-electron chi connectivity index (χ2n) is 3.17. The summed E-state index contributed by atoms with van der Waals surface area (Å²) in [7, 11) is 1.62. The fraction of sp³-hybridized carbons (Fsp3) is 0.417. The van der Waals surface area contributed by atoms with Gasteiger partial charge in [0, 0.05) is 18.5 Å². The van der Waals surface area contributed by atoms with Crippen molar-refractivity contribution in [3.63, 3.8) is 0 Å². The van der Waals surface area contributed by atoms with Gasteiger partial charge in [0.15, 0.2) is 0 Å². The lowest BCUT2D eigenvalue weighted by Crippen LogP contribution is -2.32. The zero-order valence-electron chi connectivity index (χ0n) is 9.53. The van der Waals surface area contributed by atoms with Crippen molar-refractivity contribution in [3.8, 4) is 11.8 Å². The van der Waals surface area contributed by atoms with Crippen LogP contribution >= 0.6 is 11.3 Å². The zero-order chi connectivity index (χ0) is 11.8. The highest BCUT2D eigenvalue weighted by Crippen LogP contribution is 2.11. The van der Waals surface area contributed by atoms with Crippen molar-refractivity contribution in [2.24, 2.45) is 0 Å². The monoisotopic (exact) mass is 237 g/mol. The molecule has 0 spiro atoms. The Morgan fingerprint density at radius 3 is 3.00 bits per heavy atom. The summed E-state index contributed by atoms with van der Waals surface area (Å²) in [6, 6.07) is 3.99. The van der Waals surface area contributed by atoms with Crippen LogP contribution in [0.4, 0.5) is 0 Å². The first-order valence-corrected chi connectivity index (χ1v) is 5.89. The maximum Gasteiger partial charge on any atom is 0.298 e. The number of methoxy groups -OCH3 is 1. The first kappa shape index (κ1) is 12.8. The van der Waals surface area contributed by atoms with E-state index in [1.54, 1.807) is 30.3 Å². The van der Waals surface area contributed by atoms with Gasteiger partial charge < -0.3 is 9.64 Å². The fourth-order valence-electron chi connectivity index (χ4n) is 1.23. The quantitative estimate of drug-likeness (QED) is 0.730. The lowest BCUT2D eigenvalue weighted by atomic mass is 10.4. The van der Waals surface area contributed by atoms with Gasteiger partial charge in [-0.2, -0.15) is 0 Å². The van der Waals surface area contributed by atoms with Crippen LogP contribution in [0.1, 0.15) is 11.8 Å². The van der Waals surface area contributed by atoms with E-state index in [-0.39, 0.29) is 5.91 Å². The van der Waals surface area contributed by atoms with Gasteiger partial charge in [-0.15, -0.1) is 11.3 Å². The minimum atomic E-state index is -0.145. The summed E-state index contributed by atoms with van der Waals surface area (Å²) in [4.78, 5) is 14.5. The predicted molar refractivity (Wildman–Crippen MR) is 65.1 cm³/mol. The van der Waals surface area contributed by atoms with Crippen LogP contribution in [0.3, 0.4) is 0 Å². The molecule has 1 aromatic heterocycles. The molecule has 0 aliphatic heterocycles. The number of amides is 1. The minimum absolute atomic E-state index is 0.145. The smallest absolute Gasteiger partial charge is 0.298 e. The second kappa shape index (κ2) is 7.04. The van der Waals surface area contributed by atoms with Crippen LogP contribution in [0.2, 0.25) is 0 Å². The highest BCUT2D eigenvalue weighted by molar-refractivity contribution is 7.09. The molecule has 4 heteroatoms. The van der Waals surface area contributed by atoms with Gasteiger partial charge in [-0.05, 0) is 24.3 Å². The molecule has 0 atom stereocenters. The Balaban J connectivity index is 2.62. The van der Waals surface area contributed by atoms with E-state index < -0.39 is 0 Å². The van der Waals surface area contributed by atoms with Crippen LogP contribution in [0, 0.1) is 11.8 Å². The van der Waals surface area contributed by atoms with Crippen LogP contribution in [0.5, 0.6) is 0 Å². The molecule has 0 saturated carbocycles. The molecule has 0 fully saturated rings. The standard InChI is InChI=1S/C12H15NO2S/c1-3-5-12(14)13(7-8-15-2)10-11-6-4-9-16-11/h4,6,9H,7-8,10H2,1-2H3. The summed E-state index contributed by atoms with van der Waals surface area (Å²) >= 11 is 1.64. The molecule has 16 heavy (non-hydrogen) atoms. The number of carbonyl (C=O) groups is 1. The van der Waals surface area contributed by atoms with Gasteiger partial charge in [0.25, 0.3) is 5.91 Å². The van der Waals surface area contributed by atoms with Crippen molar-refractivity contribution in [3.05, 3.63) is 22.4 Å². The van der Waals surface area contributed by atoms with Crippen molar-refractivity contribution in [2.45, 2.75) is 13.5 Å². The minimum Gasteiger partial charge on any atom is -0.383 e. The van der Waals surface area contributed by atoms with Crippen LogP contribution < -0.4 is 0 Å². The molecule has 0 saturated heterocycles. The second-order valence-corrected chi connectivity index (χ2v) is 4.21. The summed E-state index contributed by atoms with van der Waals surface area (Å²) in [5.74, 6) is 5.03. The largest absolute Gasteiger partial charge is 0.383 e. The van der Waals surface area contributed by atoms with Gasteiger partial charge in [-0.1, -0.05) is 12.0 Å². The van der Waals surface area contributed by atoms with Gasteiger partial charge in [0.05, 0.1) is 13.2 Å². The van der Waals surface area contributed by atoms with Gasteiger partial charge in [0.1, 0.15) is 0 Å². The van der Waals surface area contributed by atoms with E-state index in [0.29, 0.717) is 19.7 Å². The van der Waals surface area contributed by atoms with Crippen molar-refractivity contribution >= 4 is 17.2 Å². The number of nitrogens with zero attached hydrogens (tertiary/aromatic N) is 1. The number of hydrogen-bond donors (Lipinski definition) is 0. The lowest BCUT2D eigenvalue weighted by molar-refractivity contribution is -0.126. The maximum absolute atomic E-state index is 11.7. The highest BCUT2D eigenvalue weighted by Gasteiger charge is 2.11. The molecule has 86 valence electrons. The van der Waals surface area contributed by atoms with Crippen LogP contribution in [-0.2, 0) is 16.1 Å². The van der Waals surface area contributed by atoms with Crippen LogP contribution in [0.15, 0.2) is 17.5 Å². The topological polar surface area (TPSA) is 29.5 Å². The average Bonchev–Trinajstić information content (AvgIpc) is 2.77. The molecule has 0 N–H and O–H groups in total. The van der Waals surface area contributed by atoms with Gasteiger partial charge in [0.2, 0.25) is 0 Å². The molecular weight excluding hydrogens is 222 g/mol. The van der Waals surface area contributed by atoms with Crippen LogP contribution in [0.25, 0.3) is 0 Å². The van der Waals surface area contributed by atoms with E-state index in [1.165, 1.54) is 0 Å². The van der Waals surface area contributed by atoms with E-state index in [2.05, 4.69) is 11.8 Å². The molecule has 0 bridgehead atoms. The Kier molecular flexibility index (Phi) is 5.62. The van der Waals surface area contributed by atoms with Crippen LogP contribution in [-0.4, -0.2) is 31.1 Å². The molecule has 3 nitrogen and oxygen atoms in total. The Labute approximate surface area is 100 Å². The molecule has 0 aliphatic rings. The fourth-order valence-corrected chi connectivity index (χ4v) is 1.95. The van der Waals surface area contributed by atoms with E-state index in [1.807, 2.05) is 17.5 Å². The third-order valence-corrected chi connectivity index (χ3v) is 2.87. The Morgan fingerprint density at radius 2 is 2.44 bits per heavy atom. The third-order valence-electron chi connectivity index (χ3n) is 2.01. The third kappa shape index (κ3) is 4.05. The van der Waals surface area contributed by atoms with Crippen molar-refractivity contribution in [1.82, 2.24) is 4.90 Å². The number of carbonyl (C=O) groups excluding carboxylic acids is 1. The molecular formula is C12H15NO2S. The molecule has 0 radical (unpaired) electrons. The number of thiophene rings is 1. The molecule has 1 amide bonds. The maximum atomic E-state index is 11.7. The van der Waals surface area contributed by atoms with Crippen molar-refractivity contribution in [1.29, 1.82) is 0 Å². The highest BCUT2D eigenvalue weighted by atomic mass is 32.1. The number of hydrogen-bond acceptors (Lipinski definition) is 3. The Bertz CT molecular complexity index is 375. The SMILES string of the molecule is CC#CC(=O)N(CCOC)Cc1cccs1. The molecule has 1 aromatic rings. The van der Waals surface area contributed by atoms with E-state index in [0.717, 1.165) is 4.88 Å². The number of ether oxygens (including phenoxy) is 1. The average molecular weight is 237 g/mol.